The van der Waals surface area contributed by atoms with Gasteiger partial charge in [-0.2, -0.15) is 10.2 Å². The van der Waals surface area contributed by atoms with E-state index in [1.165, 1.54) is 6.20 Å². The van der Waals surface area contributed by atoms with Gasteiger partial charge in [-0.05, 0) is 30.0 Å². The third-order valence-electron chi connectivity index (χ3n) is 7.22. The lowest BCUT2D eigenvalue weighted by molar-refractivity contribution is -0.154. The predicted molar refractivity (Wildman–Crippen MR) is 129 cm³/mol. The summed E-state index contributed by atoms with van der Waals surface area (Å²) >= 11 is 0. The van der Waals surface area contributed by atoms with Crippen LogP contribution >= 0.6 is 0 Å². The Labute approximate surface area is 201 Å². The number of ketones is 1. The number of nitrogens with one attached hydrogen (secondary N) is 1. The summed E-state index contributed by atoms with van der Waals surface area (Å²) < 4.78 is 6.15. The van der Waals surface area contributed by atoms with Gasteiger partial charge in [-0.1, -0.05) is 56.3 Å². The summed E-state index contributed by atoms with van der Waals surface area (Å²) in [6.45, 7) is 4.08. The molecule has 3 aromatic rings. The quantitative estimate of drug-likeness (QED) is 0.539. The Bertz CT molecular complexity index is 1490. The Morgan fingerprint density at radius 1 is 1.26 bits per heavy atom. The maximum absolute atomic E-state index is 14.1. The van der Waals surface area contributed by atoms with Crippen LogP contribution in [0.2, 0.25) is 0 Å². The lowest BCUT2D eigenvalue weighted by atomic mass is 9.80. The number of hydrogen-bond donors (Lipinski definition) is 3. The highest BCUT2D eigenvalue weighted by Crippen LogP contribution is 2.58. The molecule has 3 atom stereocenters. The molecule has 0 saturated carbocycles. The van der Waals surface area contributed by atoms with Crippen LogP contribution in [0.25, 0.3) is 10.9 Å². The van der Waals surface area contributed by atoms with Gasteiger partial charge in [-0.15, -0.1) is 0 Å². The van der Waals surface area contributed by atoms with Crippen molar-refractivity contribution in [2.24, 2.45) is 5.73 Å². The molecule has 176 valence electrons. The van der Waals surface area contributed by atoms with Crippen LogP contribution in [0, 0.1) is 0 Å². The molecule has 4 N–H and O–H groups in total. The minimum absolute atomic E-state index is 0.201. The number of Topliss-reactive ketones (excluding diaryl/α,β-unsaturated/α-hetero) is 1. The number of nitrogens with zero attached hydrogens (tertiary/aromatic N) is 2. The number of aromatic nitrogens is 2. The van der Waals surface area contributed by atoms with E-state index >= 15 is 0 Å². The SMILES string of the molecule is CC(C)c1ccc2c(c1)OC1(O)C3=C(C(=O)C21NC(=O)c1cnnc2ccccc12)C(N)CC=C3. The average molecular weight is 469 g/mol. The number of amides is 1. The molecule has 8 nitrogen and oxygen atoms in total. The standard InChI is InChI=1S/C27H24N4O4/c1-14(2)15-10-11-18-22(12-15)35-27(34)19-7-5-8-20(28)23(19)24(32)26(18,27)30-25(33)17-13-29-31-21-9-4-3-6-16(17)21/h3-7,9-14,20,34H,8,28H2,1-2H3,(H,30,33). The van der Waals surface area contributed by atoms with Gasteiger partial charge in [-0.25, -0.2) is 0 Å². The first kappa shape index (κ1) is 21.6. The molecule has 2 aromatic carbocycles. The zero-order valence-corrected chi connectivity index (χ0v) is 19.3. The normalized spacial score (nSPS) is 26.5. The summed E-state index contributed by atoms with van der Waals surface area (Å²) in [5.74, 6) is -2.64. The van der Waals surface area contributed by atoms with Crippen molar-refractivity contribution >= 4 is 22.6 Å². The molecule has 2 aliphatic carbocycles. The largest absolute Gasteiger partial charge is 0.454 e. The maximum Gasteiger partial charge on any atom is 0.270 e. The minimum atomic E-state index is -2.14. The lowest BCUT2D eigenvalue weighted by Gasteiger charge is -2.35. The molecular formula is C27H24N4O4. The Morgan fingerprint density at radius 2 is 2.06 bits per heavy atom. The summed E-state index contributed by atoms with van der Waals surface area (Å²) in [5, 5.41) is 23.6. The van der Waals surface area contributed by atoms with Gasteiger partial charge in [0.25, 0.3) is 11.7 Å². The molecule has 3 unspecified atom stereocenters. The number of hydrogen-bond acceptors (Lipinski definition) is 7. The third-order valence-corrected chi connectivity index (χ3v) is 7.22. The van der Waals surface area contributed by atoms with Crippen molar-refractivity contribution in [3.05, 3.63) is 88.7 Å². The first-order valence-electron chi connectivity index (χ1n) is 11.6. The van der Waals surface area contributed by atoms with Crippen LogP contribution in [0.15, 0.2) is 72.0 Å². The van der Waals surface area contributed by atoms with Gasteiger partial charge in [0.2, 0.25) is 5.54 Å². The molecule has 3 aliphatic rings. The molecule has 0 bridgehead atoms. The van der Waals surface area contributed by atoms with E-state index in [2.05, 4.69) is 15.5 Å². The highest BCUT2D eigenvalue weighted by Gasteiger charge is 2.72. The van der Waals surface area contributed by atoms with Crippen LogP contribution < -0.4 is 15.8 Å². The molecule has 0 radical (unpaired) electrons. The molecule has 2 heterocycles. The smallest absolute Gasteiger partial charge is 0.270 e. The molecule has 1 aromatic heterocycles. The van der Waals surface area contributed by atoms with Gasteiger partial charge in [0.1, 0.15) is 5.75 Å². The van der Waals surface area contributed by atoms with E-state index in [0.29, 0.717) is 28.6 Å². The van der Waals surface area contributed by atoms with Crippen molar-refractivity contribution < 1.29 is 19.4 Å². The highest BCUT2D eigenvalue weighted by molar-refractivity contribution is 6.15. The van der Waals surface area contributed by atoms with E-state index in [4.69, 9.17) is 10.5 Å². The first-order valence-corrected chi connectivity index (χ1v) is 11.6. The van der Waals surface area contributed by atoms with E-state index in [9.17, 15) is 14.7 Å². The monoisotopic (exact) mass is 468 g/mol. The predicted octanol–water partition coefficient (Wildman–Crippen LogP) is 2.63. The number of nitrogens with two attached hydrogens (primary N) is 1. The number of aliphatic hydroxyl groups is 1. The number of fused-ring (bicyclic) bond motifs is 5. The van der Waals surface area contributed by atoms with E-state index in [-0.39, 0.29) is 22.6 Å². The average Bonchev–Trinajstić information content (AvgIpc) is 3.21. The third kappa shape index (κ3) is 2.75. The van der Waals surface area contributed by atoms with Crippen LogP contribution in [0.4, 0.5) is 0 Å². The lowest BCUT2D eigenvalue weighted by Crippen LogP contribution is -2.63. The fourth-order valence-electron chi connectivity index (χ4n) is 5.41. The second kappa shape index (κ2) is 7.31. The fourth-order valence-corrected chi connectivity index (χ4v) is 5.41. The summed E-state index contributed by atoms with van der Waals surface area (Å²) in [6, 6.07) is 11.9. The van der Waals surface area contributed by atoms with Crippen LogP contribution in [0.3, 0.4) is 0 Å². The van der Waals surface area contributed by atoms with Gasteiger partial charge in [0.05, 0.1) is 17.3 Å². The van der Waals surface area contributed by atoms with Crippen molar-refractivity contribution in [2.45, 2.75) is 43.6 Å². The molecule has 0 saturated heterocycles. The van der Waals surface area contributed by atoms with E-state index in [0.717, 1.165) is 5.56 Å². The van der Waals surface area contributed by atoms with Gasteiger partial charge in [0.15, 0.2) is 5.78 Å². The van der Waals surface area contributed by atoms with Gasteiger partial charge in [0, 0.05) is 28.1 Å². The van der Waals surface area contributed by atoms with Crippen LogP contribution in [-0.2, 0) is 10.3 Å². The van der Waals surface area contributed by atoms with Crippen molar-refractivity contribution in [1.29, 1.82) is 0 Å². The van der Waals surface area contributed by atoms with Crippen molar-refractivity contribution in [3.8, 4) is 5.75 Å². The topological polar surface area (TPSA) is 127 Å². The van der Waals surface area contributed by atoms with Crippen molar-refractivity contribution in [2.75, 3.05) is 0 Å². The van der Waals surface area contributed by atoms with Crippen molar-refractivity contribution in [3.63, 3.8) is 0 Å². The maximum atomic E-state index is 14.1. The van der Waals surface area contributed by atoms with E-state index < -0.39 is 29.1 Å². The molecule has 35 heavy (non-hydrogen) atoms. The molecule has 8 heteroatoms. The number of carbonyl (C=O) groups is 2. The number of carbonyl (C=O) groups excluding carboxylic acids is 2. The van der Waals surface area contributed by atoms with E-state index in [1.807, 2.05) is 26.0 Å². The Morgan fingerprint density at radius 3 is 2.86 bits per heavy atom. The van der Waals surface area contributed by atoms with Crippen LogP contribution in [0.5, 0.6) is 5.75 Å². The van der Waals surface area contributed by atoms with Crippen molar-refractivity contribution in [1.82, 2.24) is 15.5 Å². The van der Waals surface area contributed by atoms with E-state index in [1.54, 1.807) is 42.5 Å². The molecule has 0 spiro atoms. The molecule has 1 aliphatic heterocycles. The van der Waals surface area contributed by atoms with Gasteiger partial charge < -0.3 is 20.9 Å². The zero-order valence-electron chi connectivity index (χ0n) is 19.3. The van der Waals surface area contributed by atoms with Crippen LogP contribution in [-0.4, -0.2) is 38.8 Å². The minimum Gasteiger partial charge on any atom is -0.454 e. The summed E-state index contributed by atoms with van der Waals surface area (Å²) in [6.07, 6.45) is 5.27. The zero-order chi connectivity index (χ0) is 24.5. The molecule has 6 rings (SSSR count). The number of rotatable bonds is 3. The summed E-state index contributed by atoms with van der Waals surface area (Å²) in [4.78, 5) is 27.9. The Balaban J connectivity index is 1.55. The second-order valence-corrected chi connectivity index (χ2v) is 9.54. The summed E-state index contributed by atoms with van der Waals surface area (Å²) in [7, 11) is 0. The Hall–Kier alpha value is -3.88. The highest BCUT2D eigenvalue weighted by atomic mass is 16.6. The summed E-state index contributed by atoms with van der Waals surface area (Å²) in [5.41, 5.74) is 7.11. The number of benzene rings is 2. The van der Waals surface area contributed by atoms with Gasteiger partial charge in [-0.3, -0.25) is 9.59 Å². The molecule has 1 amide bonds. The second-order valence-electron chi connectivity index (χ2n) is 9.54. The van der Waals surface area contributed by atoms with Gasteiger partial charge >= 0.3 is 0 Å². The Kier molecular flexibility index (Phi) is 4.52. The fraction of sp³-hybridized carbons (Fsp3) is 0.259. The molecular weight excluding hydrogens is 444 g/mol. The molecule has 0 fully saturated rings. The number of ether oxygens (including phenoxy) is 1. The first-order chi connectivity index (χ1) is 16.8. The van der Waals surface area contributed by atoms with Crippen LogP contribution in [0.1, 0.15) is 47.7 Å².